The van der Waals surface area contributed by atoms with E-state index in [2.05, 4.69) is 4.74 Å². The summed E-state index contributed by atoms with van der Waals surface area (Å²) in [5.74, 6) is -0.598. The molecule has 0 aromatic heterocycles. The van der Waals surface area contributed by atoms with Gasteiger partial charge < -0.3 is 14.2 Å². The molecule has 0 aliphatic rings. The van der Waals surface area contributed by atoms with Gasteiger partial charge >= 0.3 is 5.97 Å². The molecule has 0 spiro atoms. The number of hydrogen-bond acceptors (Lipinski definition) is 7. The summed E-state index contributed by atoms with van der Waals surface area (Å²) < 4.78 is 43.4. The Morgan fingerprint density at radius 3 is 2.29 bits per heavy atom. The van der Waals surface area contributed by atoms with E-state index in [0.717, 1.165) is 5.56 Å². The van der Waals surface area contributed by atoms with E-state index >= 15 is 0 Å². The van der Waals surface area contributed by atoms with Crippen molar-refractivity contribution in [2.24, 2.45) is 0 Å². The van der Waals surface area contributed by atoms with Gasteiger partial charge in [-0.05, 0) is 19.4 Å². The summed E-state index contributed by atoms with van der Waals surface area (Å²) in [5, 5.41) is 0. The van der Waals surface area contributed by atoms with Crippen LogP contribution in [0.25, 0.3) is 0 Å². The highest BCUT2D eigenvalue weighted by Gasteiger charge is 2.12. The van der Waals surface area contributed by atoms with Crippen LogP contribution in [0.3, 0.4) is 0 Å². The minimum absolute atomic E-state index is 0.0634. The van der Waals surface area contributed by atoms with E-state index < -0.39 is 16.1 Å². The van der Waals surface area contributed by atoms with E-state index in [4.69, 9.17) is 13.7 Å². The van der Waals surface area contributed by atoms with Gasteiger partial charge in [0, 0.05) is 0 Å². The Kier molecular flexibility index (Phi) is 9.55. The van der Waals surface area contributed by atoms with Crippen LogP contribution in [0.15, 0.2) is 24.3 Å². The fourth-order valence-corrected chi connectivity index (χ4v) is 2.73. The SMILES string of the molecule is CCOC(=O)COCCOCCOS(=O)(=O)Cc1ccc(C)cc1. The van der Waals surface area contributed by atoms with Gasteiger partial charge in [-0.25, -0.2) is 4.79 Å². The third kappa shape index (κ3) is 9.61. The summed E-state index contributed by atoms with van der Waals surface area (Å²) in [4.78, 5) is 11.0. The smallest absolute Gasteiger partial charge is 0.332 e. The largest absolute Gasteiger partial charge is 0.464 e. The molecule has 0 aliphatic carbocycles. The van der Waals surface area contributed by atoms with Crippen molar-refractivity contribution in [1.29, 1.82) is 0 Å². The molecule has 8 heteroatoms. The molecule has 7 nitrogen and oxygen atoms in total. The van der Waals surface area contributed by atoms with Crippen LogP contribution in [0.5, 0.6) is 0 Å². The molecule has 1 rings (SSSR count). The van der Waals surface area contributed by atoms with E-state index in [1.54, 1.807) is 19.1 Å². The number of esters is 1. The summed E-state index contributed by atoms with van der Waals surface area (Å²) in [6.45, 7) is 4.35. The zero-order valence-electron chi connectivity index (χ0n) is 14.0. The Morgan fingerprint density at radius 1 is 1.00 bits per heavy atom. The van der Waals surface area contributed by atoms with E-state index in [0.29, 0.717) is 12.2 Å². The van der Waals surface area contributed by atoms with Gasteiger partial charge in [-0.3, -0.25) is 4.18 Å². The van der Waals surface area contributed by atoms with Crippen LogP contribution in [-0.2, 0) is 39.1 Å². The lowest BCUT2D eigenvalue weighted by Gasteiger charge is -2.07. The van der Waals surface area contributed by atoms with Crippen LogP contribution in [0, 0.1) is 6.92 Å². The summed E-state index contributed by atoms with van der Waals surface area (Å²) in [7, 11) is -3.63. The van der Waals surface area contributed by atoms with Crippen molar-refractivity contribution >= 4 is 16.1 Å². The van der Waals surface area contributed by atoms with Crippen molar-refractivity contribution in [3.63, 3.8) is 0 Å². The maximum Gasteiger partial charge on any atom is 0.332 e. The average molecular weight is 360 g/mol. The fraction of sp³-hybridized carbons (Fsp3) is 0.562. The number of benzene rings is 1. The predicted molar refractivity (Wildman–Crippen MR) is 88.0 cm³/mol. The molecule has 0 saturated heterocycles. The monoisotopic (exact) mass is 360 g/mol. The van der Waals surface area contributed by atoms with Gasteiger partial charge in [-0.2, -0.15) is 8.42 Å². The Hall–Kier alpha value is -1.48. The molecule has 0 amide bonds. The molecule has 0 unspecified atom stereocenters. The first-order valence-electron chi connectivity index (χ1n) is 7.66. The molecule has 1 aromatic carbocycles. The lowest BCUT2D eigenvalue weighted by molar-refractivity contribution is -0.148. The second-order valence-electron chi connectivity index (χ2n) is 4.98. The molecule has 0 bridgehead atoms. The zero-order chi connectivity index (χ0) is 17.8. The van der Waals surface area contributed by atoms with Gasteiger partial charge in [0.15, 0.2) is 0 Å². The summed E-state index contributed by atoms with van der Waals surface area (Å²) in [6.07, 6.45) is 0. The summed E-state index contributed by atoms with van der Waals surface area (Å²) >= 11 is 0. The molecule has 136 valence electrons. The number of carbonyl (C=O) groups is 1. The maximum atomic E-state index is 11.8. The third-order valence-corrected chi connectivity index (χ3v) is 4.06. The molecule has 0 fully saturated rings. The molecule has 0 saturated carbocycles. The lowest BCUT2D eigenvalue weighted by atomic mass is 10.2. The highest BCUT2D eigenvalue weighted by Crippen LogP contribution is 2.09. The van der Waals surface area contributed by atoms with E-state index in [1.807, 2.05) is 19.1 Å². The normalized spacial score (nSPS) is 11.4. The van der Waals surface area contributed by atoms with Gasteiger partial charge in [0.1, 0.15) is 12.4 Å². The topological polar surface area (TPSA) is 88.1 Å². The number of rotatable bonds is 12. The second-order valence-corrected chi connectivity index (χ2v) is 6.62. The van der Waals surface area contributed by atoms with Gasteiger partial charge in [0.25, 0.3) is 10.1 Å². The van der Waals surface area contributed by atoms with Crippen molar-refractivity contribution in [3.05, 3.63) is 35.4 Å². The predicted octanol–water partition coefficient (Wildman–Crippen LogP) is 1.44. The first-order valence-corrected chi connectivity index (χ1v) is 9.24. The van der Waals surface area contributed by atoms with Crippen LogP contribution in [0.2, 0.25) is 0 Å². The van der Waals surface area contributed by atoms with Crippen molar-refractivity contribution in [2.45, 2.75) is 19.6 Å². The van der Waals surface area contributed by atoms with Crippen molar-refractivity contribution in [3.8, 4) is 0 Å². The van der Waals surface area contributed by atoms with Crippen LogP contribution >= 0.6 is 0 Å². The standard InChI is InChI=1S/C16H24O7S/c1-3-22-16(17)12-21-9-8-20-10-11-23-24(18,19)13-15-6-4-14(2)5-7-15/h4-7H,3,8-13H2,1-2H3. The van der Waals surface area contributed by atoms with Gasteiger partial charge in [-0.15, -0.1) is 0 Å². The minimum Gasteiger partial charge on any atom is -0.464 e. The Labute approximate surface area is 143 Å². The van der Waals surface area contributed by atoms with Crippen molar-refractivity contribution in [1.82, 2.24) is 0 Å². The zero-order valence-corrected chi connectivity index (χ0v) is 14.8. The second kappa shape index (κ2) is 11.1. The minimum atomic E-state index is -3.63. The molecular formula is C16H24O7S. The van der Waals surface area contributed by atoms with Gasteiger partial charge in [-0.1, -0.05) is 29.8 Å². The first-order chi connectivity index (χ1) is 11.4. The third-order valence-electron chi connectivity index (χ3n) is 2.85. The highest BCUT2D eigenvalue weighted by atomic mass is 32.2. The lowest BCUT2D eigenvalue weighted by Crippen LogP contribution is -2.17. The molecule has 0 aliphatic heterocycles. The summed E-state index contributed by atoms with van der Waals surface area (Å²) in [6, 6.07) is 7.22. The molecule has 0 radical (unpaired) electrons. The Balaban J connectivity index is 2.09. The highest BCUT2D eigenvalue weighted by molar-refractivity contribution is 7.85. The number of ether oxygens (including phenoxy) is 3. The van der Waals surface area contributed by atoms with Crippen molar-refractivity contribution in [2.75, 3.05) is 39.6 Å². The van der Waals surface area contributed by atoms with Crippen LogP contribution < -0.4 is 0 Å². The number of aryl methyl sites for hydroxylation is 1. The molecule has 0 atom stereocenters. The molecule has 24 heavy (non-hydrogen) atoms. The number of carbonyl (C=O) groups excluding carboxylic acids is 1. The first kappa shape index (κ1) is 20.6. The van der Waals surface area contributed by atoms with E-state index in [1.165, 1.54) is 0 Å². The number of hydrogen-bond donors (Lipinski definition) is 0. The van der Waals surface area contributed by atoms with Gasteiger partial charge in [0.2, 0.25) is 0 Å². The van der Waals surface area contributed by atoms with Crippen LogP contribution in [0.1, 0.15) is 18.1 Å². The fourth-order valence-electron chi connectivity index (χ4n) is 1.73. The maximum absolute atomic E-state index is 11.8. The van der Waals surface area contributed by atoms with E-state index in [-0.39, 0.29) is 38.8 Å². The summed E-state index contributed by atoms with van der Waals surface area (Å²) in [5.41, 5.74) is 1.74. The quantitative estimate of drug-likeness (QED) is 0.316. The van der Waals surface area contributed by atoms with Crippen LogP contribution in [-0.4, -0.2) is 54.0 Å². The van der Waals surface area contributed by atoms with Gasteiger partial charge in [0.05, 0.1) is 33.0 Å². The Morgan fingerprint density at radius 2 is 1.62 bits per heavy atom. The van der Waals surface area contributed by atoms with E-state index in [9.17, 15) is 13.2 Å². The van der Waals surface area contributed by atoms with Crippen molar-refractivity contribution < 1.29 is 31.6 Å². The molecule has 0 heterocycles. The Bertz CT molecular complexity index is 581. The average Bonchev–Trinajstić information content (AvgIpc) is 2.52. The van der Waals surface area contributed by atoms with Crippen LogP contribution in [0.4, 0.5) is 0 Å². The molecule has 0 N–H and O–H groups in total. The molecular weight excluding hydrogens is 336 g/mol. The molecule has 1 aromatic rings.